The normalized spacial score (nSPS) is 18.1. The third kappa shape index (κ3) is 23.0. The SMILES string of the molecule is CC(C)C.CC1CCCNC1.CCCCN(C)CCC. The number of nitrogens with zero attached hydrogens (tertiary/aromatic N) is 1. The maximum atomic E-state index is 3.33. The second kappa shape index (κ2) is 17.0. The van der Waals surface area contributed by atoms with Gasteiger partial charge in [-0.1, -0.05) is 48.0 Å². The molecule has 124 valence electrons. The number of nitrogens with one attached hydrogen (secondary N) is 1. The average Bonchev–Trinajstić information content (AvgIpc) is 2.38. The smallest absolute Gasteiger partial charge is 0.00219 e. The minimum absolute atomic E-state index is 0.833. The fourth-order valence-electron chi connectivity index (χ4n) is 1.95. The van der Waals surface area contributed by atoms with Gasteiger partial charge in [-0.15, -0.1) is 0 Å². The van der Waals surface area contributed by atoms with E-state index in [4.69, 9.17) is 0 Å². The third-order valence-corrected chi connectivity index (χ3v) is 3.04. The Morgan fingerprint density at radius 1 is 1.10 bits per heavy atom. The Morgan fingerprint density at radius 2 is 1.70 bits per heavy atom. The van der Waals surface area contributed by atoms with E-state index in [1.54, 1.807) is 0 Å². The fraction of sp³-hybridized carbons (Fsp3) is 1.00. The van der Waals surface area contributed by atoms with Crippen molar-refractivity contribution in [3.8, 4) is 0 Å². The lowest BCUT2D eigenvalue weighted by atomic mass is 10.0. The van der Waals surface area contributed by atoms with Gasteiger partial charge < -0.3 is 10.2 Å². The predicted molar refractivity (Wildman–Crippen MR) is 94.5 cm³/mol. The van der Waals surface area contributed by atoms with Gasteiger partial charge in [0.25, 0.3) is 0 Å². The highest BCUT2D eigenvalue weighted by molar-refractivity contribution is 4.63. The lowest BCUT2D eigenvalue weighted by Gasteiger charge is -2.17. The second-order valence-electron chi connectivity index (χ2n) is 6.84. The Bertz CT molecular complexity index is 160. The fourth-order valence-corrected chi connectivity index (χ4v) is 1.95. The van der Waals surface area contributed by atoms with E-state index in [0.717, 1.165) is 11.8 Å². The third-order valence-electron chi connectivity index (χ3n) is 3.04. The molecule has 1 aliphatic rings. The van der Waals surface area contributed by atoms with Gasteiger partial charge in [0.15, 0.2) is 0 Å². The summed E-state index contributed by atoms with van der Waals surface area (Å²) in [6.45, 7) is 18.3. The summed E-state index contributed by atoms with van der Waals surface area (Å²) in [5.41, 5.74) is 0. The molecule has 1 unspecified atom stereocenters. The van der Waals surface area contributed by atoms with Crippen molar-refractivity contribution in [3.63, 3.8) is 0 Å². The molecule has 0 amide bonds. The van der Waals surface area contributed by atoms with Crippen molar-refractivity contribution in [1.82, 2.24) is 10.2 Å². The van der Waals surface area contributed by atoms with E-state index in [9.17, 15) is 0 Å². The Labute approximate surface area is 129 Å². The molecule has 0 aromatic heterocycles. The van der Waals surface area contributed by atoms with Crippen LogP contribution in [-0.4, -0.2) is 38.1 Å². The zero-order valence-electron chi connectivity index (χ0n) is 15.5. The van der Waals surface area contributed by atoms with Crippen LogP contribution < -0.4 is 5.32 Å². The summed E-state index contributed by atoms with van der Waals surface area (Å²) in [5.74, 6) is 1.76. The first-order chi connectivity index (χ1) is 9.43. The van der Waals surface area contributed by atoms with E-state index < -0.39 is 0 Å². The van der Waals surface area contributed by atoms with Crippen molar-refractivity contribution >= 4 is 0 Å². The molecule has 0 bridgehead atoms. The van der Waals surface area contributed by atoms with Crippen molar-refractivity contribution in [2.45, 2.75) is 73.6 Å². The van der Waals surface area contributed by atoms with Crippen LogP contribution in [0, 0.1) is 11.8 Å². The molecule has 0 radical (unpaired) electrons. The Morgan fingerprint density at radius 3 is 2.00 bits per heavy atom. The molecule has 1 aliphatic heterocycles. The number of hydrogen-bond donors (Lipinski definition) is 1. The quantitative estimate of drug-likeness (QED) is 0.781. The first-order valence-electron chi connectivity index (χ1n) is 8.83. The summed E-state index contributed by atoms with van der Waals surface area (Å²) < 4.78 is 0. The van der Waals surface area contributed by atoms with Gasteiger partial charge in [0, 0.05) is 0 Å². The van der Waals surface area contributed by atoms with Crippen molar-refractivity contribution in [2.24, 2.45) is 11.8 Å². The van der Waals surface area contributed by atoms with Crippen LogP contribution in [0.1, 0.15) is 73.6 Å². The first-order valence-corrected chi connectivity index (χ1v) is 8.83. The number of rotatable bonds is 5. The Kier molecular flexibility index (Phi) is 18.8. The first kappa shape index (κ1) is 22.2. The highest BCUT2D eigenvalue weighted by Gasteiger charge is 2.04. The summed E-state index contributed by atoms with van der Waals surface area (Å²) in [4.78, 5) is 2.39. The van der Waals surface area contributed by atoms with Crippen molar-refractivity contribution in [3.05, 3.63) is 0 Å². The summed E-state index contributed by atoms with van der Waals surface area (Å²) in [7, 11) is 2.19. The van der Waals surface area contributed by atoms with Crippen molar-refractivity contribution in [2.75, 3.05) is 33.2 Å². The minimum atomic E-state index is 0.833. The van der Waals surface area contributed by atoms with Crippen LogP contribution in [0.5, 0.6) is 0 Å². The molecule has 0 saturated carbocycles. The maximum Gasteiger partial charge on any atom is -0.00219 e. The van der Waals surface area contributed by atoms with E-state index >= 15 is 0 Å². The molecule has 1 atom stereocenters. The van der Waals surface area contributed by atoms with Gasteiger partial charge in [0.1, 0.15) is 0 Å². The molecule has 1 N–H and O–H groups in total. The standard InChI is InChI=1S/C8H19N.C6H13N.C4H10/c1-4-6-8-9(3)7-5-2;1-6-3-2-4-7-5-6;1-4(2)3/h4-8H2,1-3H3;6-7H,2-5H2,1H3;4H,1-3H3. The van der Waals surface area contributed by atoms with Crippen LogP contribution in [-0.2, 0) is 0 Å². The molecule has 2 nitrogen and oxygen atoms in total. The lowest BCUT2D eigenvalue weighted by Crippen LogP contribution is -2.27. The molecule has 1 fully saturated rings. The lowest BCUT2D eigenvalue weighted by molar-refractivity contribution is 0.329. The topological polar surface area (TPSA) is 15.3 Å². The average molecular weight is 287 g/mol. The van der Waals surface area contributed by atoms with E-state index in [1.807, 2.05) is 0 Å². The van der Waals surface area contributed by atoms with Gasteiger partial charge >= 0.3 is 0 Å². The molecule has 0 aromatic carbocycles. The zero-order chi connectivity index (χ0) is 15.8. The second-order valence-corrected chi connectivity index (χ2v) is 6.84. The Hall–Kier alpha value is -0.0800. The van der Waals surface area contributed by atoms with Gasteiger partial charge in [-0.2, -0.15) is 0 Å². The summed E-state index contributed by atoms with van der Waals surface area (Å²) in [5, 5.41) is 3.33. The molecule has 0 spiro atoms. The monoisotopic (exact) mass is 286 g/mol. The predicted octanol–water partition coefficient (Wildman–Crippen LogP) is 4.80. The molecule has 20 heavy (non-hydrogen) atoms. The number of unbranched alkanes of at least 4 members (excludes halogenated alkanes) is 1. The molecule has 1 heterocycles. The number of piperidine rings is 1. The van der Waals surface area contributed by atoms with Gasteiger partial charge in [-0.3, -0.25) is 0 Å². The van der Waals surface area contributed by atoms with Gasteiger partial charge in [-0.05, 0) is 70.7 Å². The number of hydrogen-bond acceptors (Lipinski definition) is 2. The summed E-state index contributed by atoms with van der Waals surface area (Å²) in [6, 6.07) is 0. The van der Waals surface area contributed by atoms with E-state index in [-0.39, 0.29) is 0 Å². The Balaban J connectivity index is 0. The summed E-state index contributed by atoms with van der Waals surface area (Å²) >= 11 is 0. The van der Waals surface area contributed by atoms with Crippen molar-refractivity contribution < 1.29 is 0 Å². The summed E-state index contributed by atoms with van der Waals surface area (Å²) in [6.07, 6.45) is 6.74. The van der Waals surface area contributed by atoms with Crippen LogP contribution in [0.3, 0.4) is 0 Å². The van der Waals surface area contributed by atoms with Crippen LogP contribution in [0.25, 0.3) is 0 Å². The molecule has 1 rings (SSSR count). The van der Waals surface area contributed by atoms with Gasteiger partial charge in [0.2, 0.25) is 0 Å². The van der Waals surface area contributed by atoms with E-state index in [0.29, 0.717) is 0 Å². The van der Waals surface area contributed by atoms with Crippen LogP contribution in [0.2, 0.25) is 0 Å². The minimum Gasteiger partial charge on any atom is -0.316 e. The van der Waals surface area contributed by atoms with Crippen LogP contribution >= 0.6 is 0 Å². The molecule has 0 aliphatic carbocycles. The largest absolute Gasteiger partial charge is 0.316 e. The van der Waals surface area contributed by atoms with Crippen molar-refractivity contribution in [1.29, 1.82) is 0 Å². The van der Waals surface area contributed by atoms with E-state index in [2.05, 4.69) is 58.8 Å². The molecular weight excluding hydrogens is 244 g/mol. The van der Waals surface area contributed by atoms with Crippen LogP contribution in [0.15, 0.2) is 0 Å². The van der Waals surface area contributed by atoms with E-state index in [1.165, 1.54) is 58.3 Å². The molecular formula is C18H42N2. The maximum absolute atomic E-state index is 3.33. The zero-order valence-corrected chi connectivity index (χ0v) is 15.5. The highest BCUT2D eigenvalue weighted by atomic mass is 15.1. The molecule has 2 heteroatoms. The van der Waals surface area contributed by atoms with Gasteiger partial charge in [-0.25, -0.2) is 0 Å². The highest BCUT2D eigenvalue weighted by Crippen LogP contribution is 2.06. The van der Waals surface area contributed by atoms with Gasteiger partial charge in [0.05, 0.1) is 0 Å². The molecule has 0 aromatic rings. The molecule has 1 saturated heterocycles. The van der Waals surface area contributed by atoms with Crippen LogP contribution in [0.4, 0.5) is 0 Å².